The number of nitrogens with two attached hydrogens (primary N) is 2. The van der Waals surface area contributed by atoms with Gasteiger partial charge in [-0.1, -0.05) is 6.92 Å². The van der Waals surface area contributed by atoms with Gasteiger partial charge in [-0.15, -0.1) is 11.3 Å². The summed E-state index contributed by atoms with van der Waals surface area (Å²) in [6.45, 7) is 2.15. The van der Waals surface area contributed by atoms with Crippen LogP contribution in [0.25, 0.3) is 10.4 Å². The average molecular weight is 218 g/mol. The summed E-state index contributed by atoms with van der Waals surface area (Å²) in [6, 6.07) is 7.78. The molecule has 78 valence electrons. The molecule has 2 rings (SSSR count). The highest BCUT2D eigenvalue weighted by atomic mass is 32.1. The van der Waals surface area contributed by atoms with E-state index in [1.807, 2.05) is 18.2 Å². The summed E-state index contributed by atoms with van der Waals surface area (Å²) < 4.78 is 0. The Morgan fingerprint density at radius 3 is 2.73 bits per heavy atom. The predicted octanol–water partition coefficient (Wildman–Crippen LogP) is 3.14. The van der Waals surface area contributed by atoms with Crippen LogP contribution in [-0.2, 0) is 6.42 Å². The Morgan fingerprint density at radius 2 is 2.00 bits per heavy atom. The van der Waals surface area contributed by atoms with Gasteiger partial charge in [0.05, 0.1) is 0 Å². The molecule has 4 N–H and O–H groups in total. The summed E-state index contributed by atoms with van der Waals surface area (Å²) in [5.41, 5.74) is 15.7. The fourth-order valence-electron chi connectivity index (χ4n) is 1.62. The molecule has 0 amide bonds. The van der Waals surface area contributed by atoms with Gasteiger partial charge in [-0.2, -0.15) is 0 Å². The van der Waals surface area contributed by atoms with Gasteiger partial charge < -0.3 is 11.5 Å². The van der Waals surface area contributed by atoms with Crippen LogP contribution in [0.2, 0.25) is 0 Å². The van der Waals surface area contributed by atoms with Crippen molar-refractivity contribution >= 4 is 22.7 Å². The molecule has 3 heteroatoms. The molecule has 0 bridgehead atoms. The SMILES string of the molecule is CCc1ccsc1-c1cc(N)ccc1N. The van der Waals surface area contributed by atoms with Crippen molar-refractivity contribution in [3.8, 4) is 10.4 Å². The molecular formula is C12H14N2S. The summed E-state index contributed by atoms with van der Waals surface area (Å²) in [7, 11) is 0. The molecule has 2 nitrogen and oxygen atoms in total. The number of hydrogen-bond acceptors (Lipinski definition) is 3. The Hall–Kier alpha value is -1.48. The maximum Gasteiger partial charge on any atom is 0.0403 e. The smallest absolute Gasteiger partial charge is 0.0403 e. The lowest BCUT2D eigenvalue weighted by Crippen LogP contribution is -1.93. The summed E-state index contributed by atoms with van der Waals surface area (Å²) in [5.74, 6) is 0. The lowest BCUT2D eigenvalue weighted by atomic mass is 10.1. The Labute approximate surface area is 93.5 Å². The average Bonchev–Trinajstić information content (AvgIpc) is 2.69. The molecule has 1 heterocycles. The van der Waals surface area contributed by atoms with Gasteiger partial charge in [-0.05, 0) is 41.6 Å². The van der Waals surface area contributed by atoms with Crippen LogP contribution >= 0.6 is 11.3 Å². The van der Waals surface area contributed by atoms with Crippen LogP contribution in [0.5, 0.6) is 0 Å². The number of anilines is 2. The van der Waals surface area contributed by atoms with Crippen LogP contribution in [0.15, 0.2) is 29.6 Å². The number of hydrogen-bond donors (Lipinski definition) is 2. The molecule has 0 aliphatic rings. The molecule has 0 spiro atoms. The van der Waals surface area contributed by atoms with Gasteiger partial charge in [-0.25, -0.2) is 0 Å². The van der Waals surface area contributed by atoms with E-state index in [1.165, 1.54) is 10.4 Å². The van der Waals surface area contributed by atoms with Crippen LogP contribution in [-0.4, -0.2) is 0 Å². The van der Waals surface area contributed by atoms with Gasteiger partial charge in [0.15, 0.2) is 0 Å². The lowest BCUT2D eigenvalue weighted by molar-refractivity contribution is 1.16. The van der Waals surface area contributed by atoms with Crippen molar-refractivity contribution in [1.82, 2.24) is 0 Å². The topological polar surface area (TPSA) is 52.0 Å². The molecule has 1 aromatic heterocycles. The largest absolute Gasteiger partial charge is 0.399 e. The minimum Gasteiger partial charge on any atom is -0.399 e. The molecule has 0 saturated carbocycles. The molecule has 0 aliphatic carbocycles. The van der Waals surface area contributed by atoms with E-state index in [1.54, 1.807) is 11.3 Å². The van der Waals surface area contributed by atoms with Gasteiger partial charge >= 0.3 is 0 Å². The first-order chi connectivity index (χ1) is 7.22. The van der Waals surface area contributed by atoms with Crippen molar-refractivity contribution in [3.05, 3.63) is 35.2 Å². The Morgan fingerprint density at radius 1 is 1.20 bits per heavy atom. The fourth-order valence-corrected chi connectivity index (χ4v) is 2.66. The minimum absolute atomic E-state index is 0.759. The van der Waals surface area contributed by atoms with E-state index in [-0.39, 0.29) is 0 Å². The van der Waals surface area contributed by atoms with Gasteiger partial charge in [0, 0.05) is 21.8 Å². The van der Waals surface area contributed by atoms with Crippen molar-refractivity contribution in [2.45, 2.75) is 13.3 Å². The first-order valence-corrected chi connectivity index (χ1v) is 5.82. The Balaban J connectivity index is 2.58. The number of aryl methyl sites for hydroxylation is 1. The maximum atomic E-state index is 5.96. The summed E-state index contributed by atoms with van der Waals surface area (Å²) in [5, 5.41) is 2.09. The minimum atomic E-state index is 0.759. The molecule has 1 aromatic carbocycles. The number of benzene rings is 1. The molecule has 15 heavy (non-hydrogen) atoms. The van der Waals surface area contributed by atoms with Crippen molar-refractivity contribution < 1.29 is 0 Å². The molecular weight excluding hydrogens is 204 g/mol. The van der Waals surface area contributed by atoms with Crippen LogP contribution in [0, 0.1) is 0 Å². The normalized spacial score (nSPS) is 10.5. The van der Waals surface area contributed by atoms with E-state index < -0.39 is 0 Å². The first kappa shape index (κ1) is 10.1. The highest BCUT2D eigenvalue weighted by Crippen LogP contribution is 2.34. The maximum absolute atomic E-state index is 5.96. The van der Waals surface area contributed by atoms with Gasteiger partial charge in [0.25, 0.3) is 0 Å². The van der Waals surface area contributed by atoms with E-state index in [9.17, 15) is 0 Å². The second kappa shape index (κ2) is 3.95. The van der Waals surface area contributed by atoms with Crippen LogP contribution in [0.4, 0.5) is 11.4 Å². The molecule has 2 aromatic rings. The van der Waals surface area contributed by atoms with Crippen molar-refractivity contribution in [2.75, 3.05) is 11.5 Å². The molecule has 0 fully saturated rings. The van der Waals surface area contributed by atoms with E-state index in [0.717, 1.165) is 23.4 Å². The number of nitrogen functional groups attached to an aromatic ring is 2. The zero-order valence-corrected chi connectivity index (χ0v) is 9.47. The molecule has 0 aliphatic heterocycles. The predicted molar refractivity (Wildman–Crippen MR) is 68.0 cm³/mol. The van der Waals surface area contributed by atoms with E-state index in [4.69, 9.17) is 11.5 Å². The standard InChI is InChI=1S/C12H14N2S/c1-2-8-5-6-15-12(8)10-7-9(13)3-4-11(10)14/h3-7H,2,13-14H2,1H3. The third kappa shape index (κ3) is 1.83. The summed E-state index contributed by atoms with van der Waals surface area (Å²) in [4.78, 5) is 1.24. The molecule has 0 saturated heterocycles. The quantitative estimate of drug-likeness (QED) is 0.761. The zero-order chi connectivity index (χ0) is 10.8. The summed E-state index contributed by atoms with van der Waals surface area (Å²) >= 11 is 1.71. The van der Waals surface area contributed by atoms with Gasteiger partial charge in [0.1, 0.15) is 0 Å². The van der Waals surface area contributed by atoms with E-state index in [2.05, 4.69) is 18.4 Å². The van der Waals surface area contributed by atoms with Crippen LogP contribution < -0.4 is 11.5 Å². The highest BCUT2D eigenvalue weighted by Gasteiger charge is 2.08. The third-order valence-electron chi connectivity index (χ3n) is 2.45. The second-order valence-electron chi connectivity index (χ2n) is 3.48. The Kier molecular flexibility index (Phi) is 2.64. The van der Waals surface area contributed by atoms with Gasteiger partial charge in [0.2, 0.25) is 0 Å². The molecule has 0 unspecified atom stereocenters. The molecule has 0 radical (unpaired) electrons. The number of rotatable bonds is 2. The van der Waals surface area contributed by atoms with Crippen molar-refractivity contribution in [1.29, 1.82) is 0 Å². The Bertz CT molecular complexity index is 474. The van der Waals surface area contributed by atoms with Gasteiger partial charge in [-0.3, -0.25) is 0 Å². The first-order valence-electron chi connectivity index (χ1n) is 4.94. The van der Waals surface area contributed by atoms with E-state index >= 15 is 0 Å². The molecule has 0 atom stereocenters. The second-order valence-corrected chi connectivity index (χ2v) is 4.39. The van der Waals surface area contributed by atoms with Crippen molar-refractivity contribution in [3.63, 3.8) is 0 Å². The van der Waals surface area contributed by atoms with Crippen molar-refractivity contribution in [2.24, 2.45) is 0 Å². The summed E-state index contributed by atoms with van der Waals surface area (Å²) in [6.07, 6.45) is 1.02. The van der Waals surface area contributed by atoms with Crippen LogP contribution in [0.3, 0.4) is 0 Å². The fraction of sp³-hybridized carbons (Fsp3) is 0.167. The van der Waals surface area contributed by atoms with E-state index in [0.29, 0.717) is 0 Å². The third-order valence-corrected chi connectivity index (χ3v) is 3.44. The zero-order valence-electron chi connectivity index (χ0n) is 8.66. The number of thiophene rings is 1. The monoisotopic (exact) mass is 218 g/mol. The lowest BCUT2D eigenvalue weighted by Gasteiger charge is -2.06. The highest BCUT2D eigenvalue weighted by molar-refractivity contribution is 7.13. The van der Waals surface area contributed by atoms with Crippen LogP contribution in [0.1, 0.15) is 12.5 Å².